The Labute approximate surface area is 85.6 Å². The molecular formula is C11H21Br. The summed E-state index contributed by atoms with van der Waals surface area (Å²) < 4.78 is 0. The average molecular weight is 233 g/mol. The van der Waals surface area contributed by atoms with E-state index in [1.807, 2.05) is 0 Å². The SMILES string of the molecule is CCCCCC=CCCCCBr. The van der Waals surface area contributed by atoms with E-state index in [0.717, 1.165) is 5.33 Å². The van der Waals surface area contributed by atoms with Crippen molar-refractivity contribution in [3.63, 3.8) is 0 Å². The highest BCUT2D eigenvalue weighted by molar-refractivity contribution is 9.09. The van der Waals surface area contributed by atoms with E-state index < -0.39 is 0 Å². The molecule has 0 aromatic rings. The van der Waals surface area contributed by atoms with Gasteiger partial charge in [0.1, 0.15) is 0 Å². The Kier molecular flexibility index (Phi) is 11.4. The fourth-order valence-corrected chi connectivity index (χ4v) is 1.50. The molecule has 0 aliphatic rings. The van der Waals surface area contributed by atoms with Crippen LogP contribution in [0, 0.1) is 0 Å². The zero-order valence-electron chi connectivity index (χ0n) is 8.19. The summed E-state index contributed by atoms with van der Waals surface area (Å²) in [6.45, 7) is 2.25. The van der Waals surface area contributed by atoms with Crippen LogP contribution in [0.3, 0.4) is 0 Å². The lowest BCUT2D eigenvalue weighted by Crippen LogP contribution is -1.74. The van der Waals surface area contributed by atoms with Crippen molar-refractivity contribution in [2.24, 2.45) is 0 Å². The minimum Gasteiger partial charge on any atom is -0.0928 e. The van der Waals surface area contributed by atoms with E-state index in [1.54, 1.807) is 0 Å². The molecule has 0 bridgehead atoms. The highest BCUT2D eigenvalue weighted by atomic mass is 79.9. The van der Waals surface area contributed by atoms with Crippen LogP contribution in [0.4, 0.5) is 0 Å². The number of alkyl halides is 1. The maximum Gasteiger partial charge on any atom is 0.00314 e. The standard InChI is InChI=1S/C11H21Br/c1-2-3-4-5-6-7-8-9-10-11-12/h6-7H,2-5,8-11H2,1H3. The van der Waals surface area contributed by atoms with Crippen molar-refractivity contribution in [3.8, 4) is 0 Å². The monoisotopic (exact) mass is 232 g/mol. The predicted octanol–water partition coefficient (Wildman–Crippen LogP) is 4.69. The molecule has 0 heterocycles. The van der Waals surface area contributed by atoms with Gasteiger partial charge in [-0.2, -0.15) is 0 Å². The van der Waals surface area contributed by atoms with Crippen molar-refractivity contribution in [1.82, 2.24) is 0 Å². The molecule has 1 heteroatoms. The Morgan fingerprint density at radius 1 is 0.917 bits per heavy atom. The van der Waals surface area contributed by atoms with Crippen LogP contribution < -0.4 is 0 Å². The molecule has 72 valence electrons. The summed E-state index contributed by atoms with van der Waals surface area (Å²) in [7, 11) is 0. The Bertz CT molecular complexity index is 85.2. The number of hydrogen-bond acceptors (Lipinski definition) is 0. The Balaban J connectivity index is 2.93. The van der Waals surface area contributed by atoms with E-state index in [9.17, 15) is 0 Å². The third-order valence-electron chi connectivity index (χ3n) is 1.90. The maximum absolute atomic E-state index is 3.43. The molecule has 0 aromatic heterocycles. The van der Waals surface area contributed by atoms with Gasteiger partial charge in [0.15, 0.2) is 0 Å². The zero-order valence-corrected chi connectivity index (χ0v) is 9.78. The lowest BCUT2D eigenvalue weighted by Gasteiger charge is -1.92. The van der Waals surface area contributed by atoms with E-state index in [4.69, 9.17) is 0 Å². The molecule has 0 nitrogen and oxygen atoms in total. The molecule has 0 unspecified atom stereocenters. The van der Waals surface area contributed by atoms with Crippen LogP contribution in [-0.2, 0) is 0 Å². The molecule has 0 aromatic carbocycles. The second kappa shape index (κ2) is 11.2. The Morgan fingerprint density at radius 3 is 2.00 bits per heavy atom. The molecule has 0 aliphatic heterocycles. The van der Waals surface area contributed by atoms with E-state index in [1.165, 1.54) is 44.9 Å². The highest BCUT2D eigenvalue weighted by Gasteiger charge is 1.83. The Morgan fingerprint density at radius 2 is 1.50 bits per heavy atom. The summed E-state index contributed by atoms with van der Waals surface area (Å²) in [6.07, 6.45) is 13.9. The summed E-state index contributed by atoms with van der Waals surface area (Å²) in [4.78, 5) is 0. The van der Waals surface area contributed by atoms with Crippen LogP contribution in [0.5, 0.6) is 0 Å². The van der Waals surface area contributed by atoms with Crippen LogP contribution in [0.15, 0.2) is 12.2 Å². The number of unbranched alkanes of at least 4 members (excludes halogenated alkanes) is 5. The minimum atomic E-state index is 1.15. The minimum absolute atomic E-state index is 1.15. The number of hydrogen-bond donors (Lipinski definition) is 0. The molecule has 0 amide bonds. The summed E-state index contributed by atoms with van der Waals surface area (Å²) in [5.74, 6) is 0. The second-order valence-electron chi connectivity index (χ2n) is 3.15. The molecule has 0 aliphatic carbocycles. The lowest BCUT2D eigenvalue weighted by molar-refractivity contribution is 0.726. The van der Waals surface area contributed by atoms with Gasteiger partial charge in [-0.15, -0.1) is 0 Å². The van der Waals surface area contributed by atoms with Gasteiger partial charge < -0.3 is 0 Å². The van der Waals surface area contributed by atoms with Crippen molar-refractivity contribution >= 4 is 15.9 Å². The third-order valence-corrected chi connectivity index (χ3v) is 2.46. The molecule has 0 radical (unpaired) electrons. The third kappa shape index (κ3) is 10.2. The molecule has 0 saturated heterocycles. The molecule has 0 fully saturated rings. The summed E-state index contributed by atoms with van der Waals surface area (Å²) in [5.41, 5.74) is 0. The van der Waals surface area contributed by atoms with Crippen molar-refractivity contribution < 1.29 is 0 Å². The van der Waals surface area contributed by atoms with Crippen LogP contribution >= 0.6 is 15.9 Å². The van der Waals surface area contributed by atoms with Crippen molar-refractivity contribution in [2.45, 2.75) is 51.9 Å². The first kappa shape index (κ1) is 12.2. The van der Waals surface area contributed by atoms with Gasteiger partial charge in [-0.3, -0.25) is 0 Å². The molecule has 0 rings (SSSR count). The molecule has 0 atom stereocenters. The first-order valence-electron chi connectivity index (χ1n) is 5.12. The van der Waals surface area contributed by atoms with Crippen molar-refractivity contribution in [1.29, 1.82) is 0 Å². The van der Waals surface area contributed by atoms with Gasteiger partial charge >= 0.3 is 0 Å². The van der Waals surface area contributed by atoms with Crippen LogP contribution in [0.25, 0.3) is 0 Å². The summed E-state index contributed by atoms with van der Waals surface area (Å²) in [6, 6.07) is 0. The smallest absolute Gasteiger partial charge is 0.00314 e. The van der Waals surface area contributed by atoms with Crippen LogP contribution in [0.1, 0.15) is 51.9 Å². The van der Waals surface area contributed by atoms with E-state index in [2.05, 4.69) is 35.0 Å². The van der Waals surface area contributed by atoms with Gasteiger partial charge in [-0.1, -0.05) is 47.8 Å². The maximum atomic E-state index is 3.43. The number of rotatable bonds is 8. The second-order valence-corrected chi connectivity index (χ2v) is 3.94. The van der Waals surface area contributed by atoms with E-state index in [0.29, 0.717) is 0 Å². The molecule has 0 spiro atoms. The average Bonchev–Trinajstić information content (AvgIpc) is 2.10. The van der Waals surface area contributed by atoms with Gasteiger partial charge in [0, 0.05) is 5.33 Å². The molecule has 0 N–H and O–H groups in total. The van der Waals surface area contributed by atoms with Gasteiger partial charge in [0.2, 0.25) is 0 Å². The van der Waals surface area contributed by atoms with Crippen LogP contribution in [-0.4, -0.2) is 5.33 Å². The molecule has 12 heavy (non-hydrogen) atoms. The highest BCUT2D eigenvalue weighted by Crippen LogP contribution is 2.03. The first-order chi connectivity index (χ1) is 5.91. The van der Waals surface area contributed by atoms with Gasteiger partial charge in [-0.25, -0.2) is 0 Å². The fraction of sp³-hybridized carbons (Fsp3) is 0.818. The van der Waals surface area contributed by atoms with E-state index >= 15 is 0 Å². The van der Waals surface area contributed by atoms with Gasteiger partial charge in [-0.05, 0) is 32.1 Å². The van der Waals surface area contributed by atoms with Crippen molar-refractivity contribution in [3.05, 3.63) is 12.2 Å². The van der Waals surface area contributed by atoms with Gasteiger partial charge in [0.05, 0.1) is 0 Å². The summed E-state index contributed by atoms with van der Waals surface area (Å²) >= 11 is 3.43. The normalized spacial score (nSPS) is 11.2. The molecule has 0 saturated carbocycles. The summed E-state index contributed by atoms with van der Waals surface area (Å²) in [5, 5.41) is 1.15. The topological polar surface area (TPSA) is 0 Å². The lowest BCUT2D eigenvalue weighted by atomic mass is 10.2. The van der Waals surface area contributed by atoms with Crippen molar-refractivity contribution in [2.75, 3.05) is 5.33 Å². The van der Waals surface area contributed by atoms with Gasteiger partial charge in [0.25, 0.3) is 0 Å². The quantitative estimate of drug-likeness (QED) is 0.324. The number of allylic oxidation sites excluding steroid dienone is 2. The van der Waals surface area contributed by atoms with Crippen LogP contribution in [0.2, 0.25) is 0 Å². The fourth-order valence-electron chi connectivity index (χ4n) is 1.10. The first-order valence-corrected chi connectivity index (χ1v) is 6.25. The Hall–Kier alpha value is 0.220. The molecular weight excluding hydrogens is 212 g/mol. The zero-order chi connectivity index (χ0) is 9.07. The predicted molar refractivity (Wildman–Crippen MR) is 60.9 cm³/mol. The largest absolute Gasteiger partial charge is 0.0928 e. The van der Waals surface area contributed by atoms with E-state index in [-0.39, 0.29) is 0 Å². The number of halogens is 1.